The molecule has 0 spiro atoms. The van der Waals surface area contributed by atoms with Gasteiger partial charge in [0.15, 0.2) is 0 Å². The Bertz CT molecular complexity index is 146. The second-order valence-electron chi connectivity index (χ2n) is 4.29. The van der Waals surface area contributed by atoms with Gasteiger partial charge in [-0.3, -0.25) is 4.90 Å². The van der Waals surface area contributed by atoms with Crippen LogP contribution in [-0.4, -0.2) is 49.8 Å². The molecule has 1 N–H and O–H groups in total. The minimum Gasteiger partial charge on any atom is -0.379 e. The zero-order valence-electron chi connectivity index (χ0n) is 9.75. The van der Waals surface area contributed by atoms with Crippen LogP contribution < -0.4 is 5.32 Å². The highest BCUT2D eigenvalue weighted by Gasteiger charge is 2.14. The molecule has 84 valence electrons. The van der Waals surface area contributed by atoms with Crippen molar-refractivity contribution in [2.75, 3.05) is 32.8 Å². The zero-order valence-corrected chi connectivity index (χ0v) is 9.75. The Morgan fingerprint density at radius 1 is 1.21 bits per heavy atom. The summed E-state index contributed by atoms with van der Waals surface area (Å²) in [6, 6.07) is 1.22. The second kappa shape index (κ2) is 6.38. The molecule has 0 radical (unpaired) electrons. The summed E-state index contributed by atoms with van der Waals surface area (Å²) in [6.07, 6.45) is 1.20. The van der Waals surface area contributed by atoms with Crippen molar-refractivity contribution in [3.05, 3.63) is 0 Å². The van der Waals surface area contributed by atoms with Gasteiger partial charge in [0.1, 0.15) is 0 Å². The van der Waals surface area contributed by atoms with Gasteiger partial charge in [-0.05, 0) is 20.3 Å². The first-order valence-corrected chi connectivity index (χ1v) is 5.78. The van der Waals surface area contributed by atoms with Gasteiger partial charge in [-0.1, -0.05) is 6.92 Å². The first kappa shape index (κ1) is 12.0. The number of ether oxygens (including phenoxy) is 1. The molecule has 0 aromatic rings. The summed E-state index contributed by atoms with van der Waals surface area (Å²) in [7, 11) is 0. The Kier molecular flexibility index (Phi) is 5.45. The molecule has 1 saturated heterocycles. The van der Waals surface area contributed by atoms with Gasteiger partial charge in [0, 0.05) is 31.7 Å². The smallest absolute Gasteiger partial charge is 0.0594 e. The largest absolute Gasteiger partial charge is 0.379 e. The second-order valence-corrected chi connectivity index (χ2v) is 4.29. The van der Waals surface area contributed by atoms with E-state index in [1.807, 2.05) is 0 Å². The number of rotatable bonds is 5. The third kappa shape index (κ3) is 4.40. The molecule has 0 amide bonds. The van der Waals surface area contributed by atoms with Gasteiger partial charge in [0.05, 0.1) is 13.2 Å². The standard InChI is InChI=1S/C11H24N2O/c1-4-10(2)12-11(3)9-13-5-7-14-8-6-13/h10-12H,4-9H2,1-3H3/t10?,11-/m0/s1. The van der Waals surface area contributed by atoms with Crippen LogP contribution in [0.3, 0.4) is 0 Å². The van der Waals surface area contributed by atoms with Crippen LogP contribution in [0.4, 0.5) is 0 Å². The average Bonchev–Trinajstić information content (AvgIpc) is 2.19. The lowest BCUT2D eigenvalue weighted by Gasteiger charge is -2.30. The molecule has 1 aliphatic rings. The molecular weight excluding hydrogens is 176 g/mol. The third-order valence-corrected chi connectivity index (χ3v) is 2.82. The van der Waals surface area contributed by atoms with Gasteiger partial charge in [-0.15, -0.1) is 0 Å². The molecule has 0 aliphatic carbocycles. The summed E-state index contributed by atoms with van der Waals surface area (Å²) in [6.45, 7) is 11.9. The minimum atomic E-state index is 0.586. The molecule has 1 aliphatic heterocycles. The van der Waals surface area contributed by atoms with Gasteiger partial charge in [0.2, 0.25) is 0 Å². The van der Waals surface area contributed by atoms with E-state index in [2.05, 4.69) is 31.0 Å². The Hall–Kier alpha value is -0.120. The van der Waals surface area contributed by atoms with Crippen molar-refractivity contribution in [2.45, 2.75) is 39.3 Å². The Morgan fingerprint density at radius 3 is 2.43 bits per heavy atom. The van der Waals surface area contributed by atoms with Crippen LogP contribution in [0.5, 0.6) is 0 Å². The number of hydrogen-bond acceptors (Lipinski definition) is 3. The van der Waals surface area contributed by atoms with Crippen LogP contribution in [0.15, 0.2) is 0 Å². The van der Waals surface area contributed by atoms with E-state index in [4.69, 9.17) is 4.74 Å². The molecule has 0 bridgehead atoms. The molecule has 1 fully saturated rings. The SMILES string of the molecule is CCC(C)N[C@@H](C)CN1CCOCC1. The highest BCUT2D eigenvalue weighted by Crippen LogP contribution is 1.99. The van der Waals surface area contributed by atoms with Gasteiger partial charge in [-0.25, -0.2) is 0 Å². The van der Waals surface area contributed by atoms with Crippen molar-refractivity contribution >= 4 is 0 Å². The number of morpholine rings is 1. The summed E-state index contributed by atoms with van der Waals surface area (Å²) in [5.74, 6) is 0. The van der Waals surface area contributed by atoms with Crippen LogP contribution in [0.1, 0.15) is 27.2 Å². The normalized spacial score (nSPS) is 23.4. The lowest BCUT2D eigenvalue weighted by molar-refractivity contribution is 0.0339. The maximum Gasteiger partial charge on any atom is 0.0594 e. The summed E-state index contributed by atoms with van der Waals surface area (Å²) in [5.41, 5.74) is 0. The fourth-order valence-corrected chi connectivity index (χ4v) is 1.83. The van der Waals surface area contributed by atoms with E-state index < -0.39 is 0 Å². The molecule has 1 heterocycles. The highest BCUT2D eigenvalue weighted by molar-refractivity contribution is 4.72. The molecular formula is C11H24N2O. The van der Waals surface area contributed by atoms with Gasteiger partial charge in [-0.2, -0.15) is 0 Å². The van der Waals surface area contributed by atoms with E-state index >= 15 is 0 Å². The van der Waals surface area contributed by atoms with Gasteiger partial charge < -0.3 is 10.1 Å². The van der Waals surface area contributed by atoms with Crippen LogP contribution in [-0.2, 0) is 4.74 Å². The van der Waals surface area contributed by atoms with Crippen molar-refractivity contribution in [1.29, 1.82) is 0 Å². The molecule has 3 nitrogen and oxygen atoms in total. The maximum atomic E-state index is 5.32. The number of nitrogens with one attached hydrogen (secondary N) is 1. The monoisotopic (exact) mass is 200 g/mol. The van der Waals surface area contributed by atoms with Crippen LogP contribution >= 0.6 is 0 Å². The summed E-state index contributed by atoms with van der Waals surface area (Å²) >= 11 is 0. The Labute approximate surface area is 87.8 Å². The van der Waals surface area contributed by atoms with E-state index in [0.717, 1.165) is 32.8 Å². The predicted octanol–water partition coefficient (Wildman–Crippen LogP) is 1.10. The fraction of sp³-hybridized carbons (Fsp3) is 1.00. The van der Waals surface area contributed by atoms with Crippen LogP contribution in [0.25, 0.3) is 0 Å². The number of hydrogen-bond donors (Lipinski definition) is 1. The van der Waals surface area contributed by atoms with E-state index in [1.165, 1.54) is 6.42 Å². The van der Waals surface area contributed by atoms with E-state index in [-0.39, 0.29) is 0 Å². The minimum absolute atomic E-state index is 0.586. The summed E-state index contributed by atoms with van der Waals surface area (Å²) in [4.78, 5) is 2.48. The molecule has 0 aromatic carbocycles. The first-order chi connectivity index (χ1) is 6.72. The zero-order chi connectivity index (χ0) is 10.4. The highest BCUT2D eigenvalue weighted by atomic mass is 16.5. The van der Waals surface area contributed by atoms with Crippen molar-refractivity contribution in [3.63, 3.8) is 0 Å². The quantitative estimate of drug-likeness (QED) is 0.719. The van der Waals surface area contributed by atoms with Crippen molar-refractivity contribution in [1.82, 2.24) is 10.2 Å². The lowest BCUT2D eigenvalue weighted by atomic mass is 10.2. The van der Waals surface area contributed by atoms with Crippen molar-refractivity contribution in [2.24, 2.45) is 0 Å². The topological polar surface area (TPSA) is 24.5 Å². The molecule has 0 aromatic heterocycles. The van der Waals surface area contributed by atoms with Crippen molar-refractivity contribution in [3.8, 4) is 0 Å². The van der Waals surface area contributed by atoms with E-state index in [0.29, 0.717) is 12.1 Å². The van der Waals surface area contributed by atoms with E-state index in [1.54, 1.807) is 0 Å². The van der Waals surface area contributed by atoms with Crippen molar-refractivity contribution < 1.29 is 4.74 Å². The third-order valence-electron chi connectivity index (χ3n) is 2.82. The van der Waals surface area contributed by atoms with Gasteiger partial charge in [0.25, 0.3) is 0 Å². The van der Waals surface area contributed by atoms with Crippen LogP contribution in [0, 0.1) is 0 Å². The number of nitrogens with zero attached hydrogens (tertiary/aromatic N) is 1. The lowest BCUT2D eigenvalue weighted by Crippen LogP contribution is -2.46. The Balaban J connectivity index is 2.14. The molecule has 2 atom stereocenters. The fourth-order valence-electron chi connectivity index (χ4n) is 1.83. The summed E-state index contributed by atoms with van der Waals surface area (Å²) < 4.78 is 5.32. The molecule has 3 heteroatoms. The molecule has 0 saturated carbocycles. The first-order valence-electron chi connectivity index (χ1n) is 5.78. The molecule has 14 heavy (non-hydrogen) atoms. The molecule has 1 unspecified atom stereocenters. The summed E-state index contributed by atoms with van der Waals surface area (Å²) in [5, 5.41) is 3.59. The van der Waals surface area contributed by atoms with Crippen LogP contribution in [0.2, 0.25) is 0 Å². The average molecular weight is 200 g/mol. The molecule has 1 rings (SSSR count). The van der Waals surface area contributed by atoms with E-state index in [9.17, 15) is 0 Å². The predicted molar refractivity (Wildman–Crippen MR) is 59.6 cm³/mol. The van der Waals surface area contributed by atoms with Gasteiger partial charge >= 0.3 is 0 Å². The maximum absolute atomic E-state index is 5.32. The Morgan fingerprint density at radius 2 is 1.86 bits per heavy atom.